The minimum absolute atomic E-state index is 0.0473. The summed E-state index contributed by atoms with van der Waals surface area (Å²) >= 11 is 0. The van der Waals surface area contributed by atoms with Gasteiger partial charge in [-0.3, -0.25) is 4.79 Å². The second-order valence-corrected chi connectivity index (χ2v) is 7.88. The van der Waals surface area contributed by atoms with Crippen LogP contribution in [0.4, 0.5) is 26.3 Å². The fourth-order valence-corrected chi connectivity index (χ4v) is 4.10. The average Bonchev–Trinajstić information content (AvgIpc) is 3.04. The number of halogens is 6. The predicted molar refractivity (Wildman–Crippen MR) is 104 cm³/mol. The van der Waals surface area contributed by atoms with Gasteiger partial charge in [-0.15, -0.1) is 0 Å². The summed E-state index contributed by atoms with van der Waals surface area (Å²) in [5, 5.41) is 11.0. The topological polar surface area (TPSA) is 65.1 Å². The number of aliphatic hydroxyl groups is 1. The Morgan fingerprint density at radius 3 is 2.34 bits per heavy atom. The molecule has 3 aromatic rings. The van der Waals surface area contributed by atoms with Gasteiger partial charge in [-0.25, -0.2) is 13.2 Å². The Bertz CT molecular complexity index is 1150. The first kappa shape index (κ1) is 22.2. The molecule has 3 N–H and O–H groups in total. The van der Waals surface area contributed by atoms with E-state index in [-0.39, 0.29) is 29.7 Å². The van der Waals surface area contributed by atoms with Crippen LogP contribution >= 0.6 is 0 Å². The Kier molecular flexibility index (Phi) is 5.66. The molecule has 0 bridgehead atoms. The van der Waals surface area contributed by atoms with Gasteiger partial charge in [0.2, 0.25) is 5.91 Å². The summed E-state index contributed by atoms with van der Waals surface area (Å²) in [4.78, 5) is 15.1. The maximum atomic E-state index is 14.4. The maximum Gasteiger partial charge on any atom is 0.410 e. The number of hydrogen-bond donors (Lipinski definition) is 3. The number of H-pyrrole nitrogens is 1. The number of aromatic amines is 1. The number of aromatic nitrogens is 1. The van der Waals surface area contributed by atoms with Gasteiger partial charge in [0.1, 0.15) is 23.5 Å². The Hall–Kier alpha value is -3.01. The quantitative estimate of drug-likeness (QED) is 0.484. The van der Waals surface area contributed by atoms with E-state index in [1.807, 2.05) is 0 Å². The number of carbonyl (C=O) groups excluding carboxylic acids is 1. The number of nitrogens with one attached hydrogen (secondary N) is 2. The van der Waals surface area contributed by atoms with E-state index in [4.69, 9.17) is 5.11 Å². The Morgan fingerprint density at radius 1 is 1.09 bits per heavy atom. The number of aliphatic hydroxyl groups excluding tert-OH is 1. The van der Waals surface area contributed by atoms with Crippen LogP contribution in [0.25, 0.3) is 22.2 Å². The fourth-order valence-electron chi connectivity index (χ4n) is 4.10. The molecule has 32 heavy (non-hydrogen) atoms. The summed E-state index contributed by atoms with van der Waals surface area (Å²) in [6.07, 6.45) is -4.47. The van der Waals surface area contributed by atoms with Crippen molar-refractivity contribution in [3.8, 4) is 11.3 Å². The van der Waals surface area contributed by atoms with E-state index < -0.39 is 48.1 Å². The minimum atomic E-state index is -4.78. The van der Waals surface area contributed by atoms with E-state index in [1.54, 1.807) is 5.32 Å². The van der Waals surface area contributed by atoms with Crippen molar-refractivity contribution in [1.29, 1.82) is 0 Å². The molecular weight excluding hydrogens is 438 g/mol. The second kappa shape index (κ2) is 8.16. The second-order valence-electron chi connectivity index (χ2n) is 7.88. The van der Waals surface area contributed by atoms with Crippen molar-refractivity contribution >= 4 is 16.8 Å². The summed E-state index contributed by atoms with van der Waals surface area (Å²) in [7, 11) is 0. The summed E-state index contributed by atoms with van der Waals surface area (Å²) in [6.45, 7) is -1.28. The molecule has 2 aromatic carbocycles. The lowest BCUT2D eigenvalue weighted by Gasteiger charge is -2.36. The van der Waals surface area contributed by atoms with Crippen molar-refractivity contribution in [3.63, 3.8) is 0 Å². The molecule has 1 aromatic heterocycles. The van der Waals surface area contributed by atoms with Gasteiger partial charge < -0.3 is 15.4 Å². The third kappa shape index (κ3) is 4.06. The van der Waals surface area contributed by atoms with Crippen molar-refractivity contribution in [2.75, 3.05) is 6.61 Å². The number of alkyl halides is 3. The van der Waals surface area contributed by atoms with Crippen LogP contribution in [0.3, 0.4) is 0 Å². The Balaban J connectivity index is 1.64. The van der Waals surface area contributed by atoms with Crippen molar-refractivity contribution < 1.29 is 36.2 Å². The van der Waals surface area contributed by atoms with Crippen LogP contribution in [0.2, 0.25) is 0 Å². The molecule has 0 radical (unpaired) electrons. The first-order valence-corrected chi connectivity index (χ1v) is 9.83. The third-order valence-corrected chi connectivity index (χ3v) is 5.81. The standard InChI is InChI=1S/C22H18F6N2O2/c23-13-3-1-10(2-4-13)19-18(15-7-14(24)8-16(25)20(15)30-19)11-5-12(6-11)21(32)29-17(9-31)22(26,27)28/h1-4,7-8,11-12,17,30-31H,5-6,9H2,(H,29,32)/t11-,12-,17-/m0/s1. The molecular formula is C22H18F6N2O2. The van der Waals surface area contributed by atoms with Crippen LogP contribution in [-0.2, 0) is 4.79 Å². The van der Waals surface area contributed by atoms with Crippen LogP contribution in [-0.4, -0.2) is 34.8 Å². The molecule has 4 rings (SSSR count). The molecule has 0 spiro atoms. The SMILES string of the molecule is O=C(N[C@@H](CO)C(F)(F)F)[C@H]1C[C@H](c2c(-c3ccc(F)cc3)[nH]c3c(F)cc(F)cc32)C1. The van der Waals surface area contributed by atoms with Gasteiger partial charge in [-0.1, -0.05) is 0 Å². The van der Waals surface area contributed by atoms with E-state index in [2.05, 4.69) is 4.98 Å². The van der Waals surface area contributed by atoms with E-state index in [9.17, 15) is 31.1 Å². The van der Waals surface area contributed by atoms with Crippen molar-refractivity contribution in [2.24, 2.45) is 5.92 Å². The van der Waals surface area contributed by atoms with Gasteiger partial charge in [0.05, 0.1) is 17.8 Å². The summed E-state index contributed by atoms with van der Waals surface area (Å²) in [5.41, 5.74) is 1.51. The monoisotopic (exact) mass is 456 g/mol. The van der Waals surface area contributed by atoms with Gasteiger partial charge in [0, 0.05) is 17.4 Å². The lowest BCUT2D eigenvalue weighted by atomic mass is 9.69. The number of carbonyl (C=O) groups is 1. The number of benzene rings is 2. The molecule has 1 aliphatic carbocycles. The van der Waals surface area contributed by atoms with Gasteiger partial charge in [-0.05, 0) is 60.2 Å². The fraction of sp³-hybridized carbons (Fsp3) is 0.318. The van der Waals surface area contributed by atoms with Gasteiger partial charge in [-0.2, -0.15) is 13.2 Å². The highest BCUT2D eigenvalue weighted by Gasteiger charge is 2.44. The normalized spacial score (nSPS) is 19.6. The molecule has 0 aliphatic heterocycles. The summed E-state index contributed by atoms with van der Waals surface area (Å²) in [5.74, 6) is -4.06. The Labute approximate surface area is 178 Å². The van der Waals surface area contributed by atoms with Crippen LogP contribution in [0.15, 0.2) is 36.4 Å². The van der Waals surface area contributed by atoms with Crippen LogP contribution in [0.1, 0.15) is 24.3 Å². The lowest BCUT2D eigenvalue weighted by Crippen LogP contribution is -2.51. The molecule has 1 amide bonds. The highest BCUT2D eigenvalue weighted by Crippen LogP contribution is 2.48. The van der Waals surface area contributed by atoms with Gasteiger partial charge in [0.25, 0.3) is 0 Å². The van der Waals surface area contributed by atoms with Crippen LogP contribution in [0.5, 0.6) is 0 Å². The lowest BCUT2D eigenvalue weighted by molar-refractivity contribution is -0.170. The number of hydrogen-bond acceptors (Lipinski definition) is 2. The van der Waals surface area contributed by atoms with Crippen LogP contribution < -0.4 is 5.32 Å². The first-order chi connectivity index (χ1) is 15.1. The highest BCUT2D eigenvalue weighted by molar-refractivity contribution is 5.92. The van der Waals surface area contributed by atoms with Crippen molar-refractivity contribution in [2.45, 2.75) is 31.0 Å². The third-order valence-electron chi connectivity index (χ3n) is 5.81. The van der Waals surface area contributed by atoms with Gasteiger partial charge >= 0.3 is 6.18 Å². The zero-order chi connectivity index (χ0) is 23.2. The number of rotatable bonds is 5. The molecule has 0 unspecified atom stereocenters. The van der Waals surface area contributed by atoms with Crippen molar-refractivity contribution in [3.05, 3.63) is 59.4 Å². The van der Waals surface area contributed by atoms with Gasteiger partial charge in [0.15, 0.2) is 0 Å². The Morgan fingerprint density at radius 2 is 1.75 bits per heavy atom. The number of fused-ring (bicyclic) bond motifs is 1. The minimum Gasteiger partial charge on any atom is -0.394 e. The molecule has 1 fully saturated rings. The van der Waals surface area contributed by atoms with Crippen molar-refractivity contribution in [1.82, 2.24) is 10.3 Å². The first-order valence-electron chi connectivity index (χ1n) is 9.83. The largest absolute Gasteiger partial charge is 0.410 e. The zero-order valence-corrected chi connectivity index (χ0v) is 16.4. The van der Waals surface area contributed by atoms with E-state index >= 15 is 0 Å². The maximum absolute atomic E-state index is 14.4. The van der Waals surface area contributed by atoms with Crippen LogP contribution in [0, 0.1) is 23.4 Å². The molecule has 4 nitrogen and oxygen atoms in total. The average molecular weight is 456 g/mol. The van der Waals surface area contributed by atoms with E-state index in [0.717, 1.165) is 12.1 Å². The molecule has 1 heterocycles. The molecule has 0 saturated heterocycles. The summed E-state index contributed by atoms with van der Waals surface area (Å²) < 4.78 is 80.1. The zero-order valence-electron chi connectivity index (χ0n) is 16.4. The molecule has 1 aliphatic rings. The molecule has 170 valence electrons. The smallest absolute Gasteiger partial charge is 0.394 e. The number of amides is 1. The molecule has 1 saturated carbocycles. The molecule has 10 heteroatoms. The van der Waals surface area contributed by atoms with E-state index in [0.29, 0.717) is 16.8 Å². The predicted octanol–water partition coefficient (Wildman–Crippen LogP) is 4.79. The molecule has 1 atom stereocenters. The highest BCUT2D eigenvalue weighted by atomic mass is 19.4. The summed E-state index contributed by atoms with van der Waals surface area (Å²) in [6, 6.07) is 4.87. The van der Waals surface area contributed by atoms with E-state index in [1.165, 1.54) is 24.3 Å².